The zero-order valence-electron chi connectivity index (χ0n) is 13.3. The van der Waals surface area contributed by atoms with E-state index < -0.39 is 0 Å². The molecule has 0 saturated carbocycles. The highest BCUT2D eigenvalue weighted by atomic mass is 16.5. The van der Waals surface area contributed by atoms with Crippen LogP contribution in [0.5, 0.6) is 0 Å². The van der Waals surface area contributed by atoms with E-state index in [-0.39, 0.29) is 5.92 Å². The van der Waals surface area contributed by atoms with Gasteiger partial charge in [0.15, 0.2) is 5.82 Å². The van der Waals surface area contributed by atoms with Crippen LogP contribution in [0, 0.1) is 5.92 Å². The second kappa shape index (κ2) is 7.36. The summed E-state index contributed by atoms with van der Waals surface area (Å²) in [5, 5.41) is 7.42. The monoisotopic (exact) mass is 287 g/mol. The maximum atomic E-state index is 5.50. The summed E-state index contributed by atoms with van der Waals surface area (Å²) >= 11 is 0. The molecule has 1 N–H and O–H groups in total. The van der Waals surface area contributed by atoms with E-state index >= 15 is 0 Å². The van der Waals surface area contributed by atoms with Gasteiger partial charge >= 0.3 is 0 Å². The number of benzene rings is 1. The molecule has 2 atom stereocenters. The van der Waals surface area contributed by atoms with E-state index in [2.05, 4.69) is 60.5 Å². The lowest BCUT2D eigenvalue weighted by Gasteiger charge is -2.23. The Morgan fingerprint density at radius 3 is 2.43 bits per heavy atom. The van der Waals surface area contributed by atoms with Crippen LogP contribution in [-0.4, -0.2) is 23.2 Å². The molecule has 0 saturated heterocycles. The van der Waals surface area contributed by atoms with Gasteiger partial charge in [0, 0.05) is 12.5 Å². The zero-order chi connectivity index (χ0) is 15.2. The first kappa shape index (κ1) is 15.7. The van der Waals surface area contributed by atoms with Gasteiger partial charge in [-0.15, -0.1) is 0 Å². The number of nitrogens with one attached hydrogen (secondary N) is 1. The summed E-state index contributed by atoms with van der Waals surface area (Å²) in [7, 11) is 1.97. The molecule has 4 nitrogen and oxygen atoms in total. The molecule has 0 aliphatic rings. The number of aryl methyl sites for hydroxylation is 2. The van der Waals surface area contributed by atoms with Gasteiger partial charge in [0.25, 0.3) is 0 Å². The Kier molecular flexibility index (Phi) is 5.51. The first-order valence-electron chi connectivity index (χ1n) is 7.65. The maximum absolute atomic E-state index is 5.50. The Hall–Kier alpha value is -1.68. The summed E-state index contributed by atoms with van der Waals surface area (Å²) in [6.07, 6.45) is 1.75. The molecule has 2 rings (SSSR count). The predicted octanol–water partition coefficient (Wildman–Crippen LogP) is 3.20. The fourth-order valence-electron chi connectivity index (χ4n) is 2.66. The molecule has 1 heterocycles. The van der Waals surface area contributed by atoms with Crippen molar-refractivity contribution in [3.8, 4) is 0 Å². The smallest absolute Gasteiger partial charge is 0.231 e. The summed E-state index contributed by atoms with van der Waals surface area (Å²) < 4.78 is 5.50. The number of nitrogens with zero attached hydrogens (tertiary/aromatic N) is 2. The first-order chi connectivity index (χ1) is 10.1. The minimum absolute atomic E-state index is 0.243. The molecule has 1 aromatic carbocycles. The van der Waals surface area contributed by atoms with E-state index in [4.69, 9.17) is 4.52 Å². The third-order valence-corrected chi connectivity index (χ3v) is 3.96. The summed E-state index contributed by atoms with van der Waals surface area (Å²) in [6.45, 7) is 6.53. The third-order valence-electron chi connectivity index (χ3n) is 3.96. The molecule has 21 heavy (non-hydrogen) atoms. The van der Waals surface area contributed by atoms with Crippen molar-refractivity contribution < 1.29 is 4.52 Å². The van der Waals surface area contributed by atoms with Gasteiger partial charge < -0.3 is 9.84 Å². The average molecular weight is 287 g/mol. The minimum atomic E-state index is 0.243. The van der Waals surface area contributed by atoms with Gasteiger partial charge in [0.1, 0.15) is 0 Å². The molecule has 0 aliphatic heterocycles. The van der Waals surface area contributed by atoms with Crippen LogP contribution in [0.4, 0.5) is 0 Å². The molecule has 0 bridgehead atoms. The fourth-order valence-corrected chi connectivity index (χ4v) is 2.66. The van der Waals surface area contributed by atoms with Crippen molar-refractivity contribution in [1.29, 1.82) is 0 Å². The van der Waals surface area contributed by atoms with Crippen LogP contribution in [0.25, 0.3) is 0 Å². The van der Waals surface area contributed by atoms with Crippen LogP contribution in [-0.2, 0) is 12.8 Å². The Bertz CT molecular complexity index is 536. The Morgan fingerprint density at radius 1 is 1.10 bits per heavy atom. The summed E-state index contributed by atoms with van der Waals surface area (Å²) in [5.41, 5.74) is 1.30. The van der Waals surface area contributed by atoms with Gasteiger partial charge in [-0.05, 0) is 31.9 Å². The molecule has 0 fully saturated rings. The number of hydrogen-bond donors (Lipinski definition) is 1. The van der Waals surface area contributed by atoms with Crippen LogP contribution < -0.4 is 5.32 Å². The molecule has 0 aliphatic carbocycles. The van der Waals surface area contributed by atoms with Crippen molar-refractivity contribution >= 4 is 0 Å². The van der Waals surface area contributed by atoms with E-state index in [0.717, 1.165) is 24.6 Å². The van der Waals surface area contributed by atoms with Crippen molar-refractivity contribution in [2.24, 2.45) is 5.92 Å². The Morgan fingerprint density at radius 2 is 1.81 bits per heavy atom. The van der Waals surface area contributed by atoms with Gasteiger partial charge in [-0.3, -0.25) is 0 Å². The molecule has 0 radical (unpaired) electrons. The van der Waals surface area contributed by atoms with Crippen molar-refractivity contribution in [3.05, 3.63) is 47.6 Å². The van der Waals surface area contributed by atoms with E-state index in [1.165, 1.54) is 5.56 Å². The highest BCUT2D eigenvalue weighted by Crippen LogP contribution is 2.26. The van der Waals surface area contributed by atoms with Crippen LogP contribution in [0.15, 0.2) is 34.9 Å². The van der Waals surface area contributed by atoms with Crippen molar-refractivity contribution in [1.82, 2.24) is 15.5 Å². The quantitative estimate of drug-likeness (QED) is 0.849. The lowest BCUT2D eigenvalue weighted by molar-refractivity contribution is 0.284. The Labute approximate surface area is 127 Å². The zero-order valence-corrected chi connectivity index (χ0v) is 13.3. The van der Waals surface area contributed by atoms with Crippen LogP contribution in [0.3, 0.4) is 0 Å². The minimum Gasteiger partial charge on any atom is -0.339 e. The first-order valence-corrected chi connectivity index (χ1v) is 7.65. The summed E-state index contributed by atoms with van der Waals surface area (Å²) in [5.74, 6) is 2.24. The molecule has 2 unspecified atom stereocenters. The van der Waals surface area contributed by atoms with Gasteiger partial charge in [-0.1, -0.05) is 49.3 Å². The lowest BCUT2D eigenvalue weighted by Crippen LogP contribution is -2.32. The van der Waals surface area contributed by atoms with Gasteiger partial charge in [0.2, 0.25) is 5.89 Å². The van der Waals surface area contributed by atoms with Crippen molar-refractivity contribution in [3.63, 3.8) is 0 Å². The topological polar surface area (TPSA) is 51.0 Å². The van der Waals surface area contributed by atoms with E-state index in [0.29, 0.717) is 12.0 Å². The normalized spacial score (nSPS) is 14.3. The van der Waals surface area contributed by atoms with Crippen molar-refractivity contribution in [2.45, 2.75) is 45.6 Å². The van der Waals surface area contributed by atoms with Gasteiger partial charge in [-0.2, -0.15) is 4.98 Å². The summed E-state index contributed by atoms with van der Waals surface area (Å²) in [4.78, 5) is 4.60. The second-order valence-electron chi connectivity index (χ2n) is 5.88. The fraction of sp³-hybridized carbons (Fsp3) is 0.529. The van der Waals surface area contributed by atoms with Crippen LogP contribution in [0.2, 0.25) is 0 Å². The third kappa shape index (κ3) is 4.14. The highest BCUT2D eigenvalue weighted by Gasteiger charge is 2.27. The molecule has 2 aromatic rings. The molecule has 0 spiro atoms. The molecular formula is C17H25N3O. The lowest BCUT2D eigenvalue weighted by atomic mass is 9.89. The summed E-state index contributed by atoms with van der Waals surface area (Å²) in [6, 6.07) is 10.7. The predicted molar refractivity (Wildman–Crippen MR) is 84.2 cm³/mol. The molecule has 114 valence electrons. The number of rotatable bonds is 7. The molecule has 1 aromatic heterocycles. The number of likely N-dealkylation sites (N-methyl/N-ethyl adjacent to an activating group) is 1. The standard InChI is InChI=1S/C17H25N3O/c1-12(2)16(13(3)18-4)17-19-15(20-21-17)11-10-14-8-6-5-7-9-14/h5-9,12-13,16,18H,10-11H2,1-4H3. The molecular weight excluding hydrogens is 262 g/mol. The van der Waals surface area contributed by atoms with Crippen LogP contribution >= 0.6 is 0 Å². The SMILES string of the molecule is CNC(C)C(c1nc(CCc2ccccc2)no1)C(C)C. The van der Waals surface area contributed by atoms with Crippen LogP contribution in [0.1, 0.15) is 44.0 Å². The van der Waals surface area contributed by atoms with E-state index in [1.807, 2.05) is 13.1 Å². The number of aromatic nitrogens is 2. The van der Waals surface area contributed by atoms with Gasteiger partial charge in [0.05, 0.1) is 5.92 Å². The Balaban J connectivity index is 2.03. The van der Waals surface area contributed by atoms with E-state index in [9.17, 15) is 0 Å². The molecule has 0 amide bonds. The van der Waals surface area contributed by atoms with Crippen molar-refractivity contribution in [2.75, 3.05) is 7.05 Å². The maximum Gasteiger partial charge on any atom is 0.231 e. The highest BCUT2D eigenvalue weighted by molar-refractivity contribution is 5.15. The van der Waals surface area contributed by atoms with E-state index in [1.54, 1.807) is 0 Å². The average Bonchev–Trinajstić information content (AvgIpc) is 2.94. The second-order valence-corrected chi connectivity index (χ2v) is 5.88. The molecule has 4 heteroatoms. The largest absolute Gasteiger partial charge is 0.339 e. The van der Waals surface area contributed by atoms with Gasteiger partial charge in [-0.25, -0.2) is 0 Å². The number of hydrogen-bond acceptors (Lipinski definition) is 4.